The number of amides is 1. The molecule has 3 rings (SSSR count). The van der Waals surface area contributed by atoms with E-state index in [2.05, 4.69) is 4.90 Å². The van der Waals surface area contributed by atoms with E-state index in [1.807, 2.05) is 17.0 Å². The lowest BCUT2D eigenvalue weighted by molar-refractivity contribution is 0.0585. The summed E-state index contributed by atoms with van der Waals surface area (Å²) in [5, 5.41) is 0. The molecule has 1 aromatic rings. The highest BCUT2D eigenvalue weighted by Gasteiger charge is 2.29. The van der Waals surface area contributed by atoms with Gasteiger partial charge in [0, 0.05) is 24.7 Å². The van der Waals surface area contributed by atoms with Gasteiger partial charge in [0.1, 0.15) is 0 Å². The molecular weight excluding hydrogens is 300 g/mol. The van der Waals surface area contributed by atoms with Crippen molar-refractivity contribution in [1.29, 1.82) is 0 Å². The minimum atomic E-state index is -0.0374. The summed E-state index contributed by atoms with van der Waals surface area (Å²) in [6.45, 7) is 5.84. The van der Waals surface area contributed by atoms with Crippen LogP contribution in [-0.2, 0) is 0 Å². The molecule has 0 spiro atoms. The summed E-state index contributed by atoms with van der Waals surface area (Å²) >= 11 is 0. The Morgan fingerprint density at radius 3 is 2.38 bits per heavy atom. The predicted octanol–water partition coefficient (Wildman–Crippen LogP) is 3.37. The number of nitrogens with zero attached hydrogens (tertiary/aromatic N) is 2. The molecule has 4 nitrogen and oxygen atoms in total. The Bertz CT molecular complexity index is 593. The summed E-state index contributed by atoms with van der Waals surface area (Å²) in [7, 11) is 0. The molecule has 2 saturated heterocycles. The summed E-state index contributed by atoms with van der Waals surface area (Å²) in [6, 6.07) is 7.55. The summed E-state index contributed by atoms with van der Waals surface area (Å²) < 4.78 is 0. The van der Waals surface area contributed by atoms with E-state index in [0.717, 1.165) is 32.4 Å². The fourth-order valence-corrected chi connectivity index (χ4v) is 4.04. The van der Waals surface area contributed by atoms with Crippen molar-refractivity contribution in [1.82, 2.24) is 9.80 Å². The van der Waals surface area contributed by atoms with Crippen molar-refractivity contribution in [2.75, 3.05) is 26.2 Å². The molecule has 0 saturated carbocycles. The number of rotatable bonds is 5. The number of likely N-dealkylation sites (tertiary alicyclic amines) is 2. The zero-order valence-electron chi connectivity index (χ0n) is 14.7. The third-order valence-electron chi connectivity index (χ3n) is 5.40. The summed E-state index contributed by atoms with van der Waals surface area (Å²) in [5.41, 5.74) is 1.12. The second-order valence-electron chi connectivity index (χ2n) is 7.09. The van der Waals surface area contributed by atoms with Gasteiger partial charge < -0.3 is 9.80 Å². The first kappa shape index (κ1) is 17.2. The molecule has 0 N–H and O–H groups in total. The van der Waals surface area contributed by atoms with Crippen LogP contribution >= 0.6 is 0 Å². The quantitative estimate of drug-likeness (QED) is 0.778. The Kier molecular flexibility index (Phi) is 5.67. The van der Waals surface area contributed by atoms with E-state index < -0.39 is 0 Å². The third-order valence-corrected chi connectivity index (χ3v) is 5.40. The standard InChI is InChI=1S/C20H28N2O2/c1-16(23)18-9-2-3-10-19(18)20(24)22-14-5-4-8-17(22)11-15-21-12-6-7-13-21/h2-3,9-10,17H,4-8,11-15H2,1H3/t17-/m1/s1. The maximum Gasteiger partial charge on any atom is 0.254 e. The second-order valence-corrected chi connectivity index (χ2v) is 7.09. The molecule has 2 fully saturated rings. The zero-order chi connectivity index (χ0) is 16.9. The highest BCUT2D eigenvalue weighted by atomic mass is 16.2. The number of benzene rings is 1. The molecule has 0 bridgehead atoms. The minimum absolute atomic E-state index is 0.0342. The average molecular weight is 328 g/mol. The van der Waals surface area contributed by atoms with Crippen molar-refractivity contribution < 1.29 is 9.59 Å². The van der Waals surface area contributed by atoms with Crippen molar-refractivity contribution in [3.05, 3.63) is 35.4 Å². The van der Waals surface area contributed by atoms with Crippen LogP contribution in [0.15, 0.2) is 24.3 Å². The van der Waals surface area contributed by atoms with Gasteiger partial charge in [-0.05, 0) is 64.6 Å². The van der Waals surface area contributed by atoms with Crippen molar-refractivity contribution in [3.63, 3.8) is 0 Å². The molecule has 0 aliphatic carbocycles. The van der Waals surface area contributed by atoms with E-state index in [1.54, 1.807) is 12.1 Å². The monoisotopic (exact) mass is 328 g/mol. The average Bonchev–Trinajstić information content (AvgIpc) is 3.13. The van der Waals surface area contributed by atoms with E-state index in [0.29, 0.717) is 17.2 Å². The van der Waals surface area contributed by atoms with Gasteiger partial charge in [0.2, 0.25) is 0 Å². The van der Waals surface area contributed by atoms with Gasteiger partial charge in [-0.15, -0.1) is 0 Å². The largest absolute Gasteiger partial charge is 0.336 e. The van der Waals surface area contributed by atoms with Crippen molar-refractivity contribution in [2.24, 2.45) is 0 Å². The Balaban J connectivity index is 1.72. The van der Waals surface area contributed by atoms with Crippen molar-refractivity contribution >= 4 is 11.7 Å². The Hall–Kier alpha value is -1.68. The van der Waals surface area contributed by atoms with E-state index in [9.17, 15) is 9.59 Å². The van der Waals surface area contributed by atoms with Gasteiger partial charge in [0.05, 0.1) is 5.56 Å². The predicted molar refractivity (Wildman–Crippen MR) is 95.4 cm³/mol. The van der Waals surface area contributed by atoms with Gasteiger partial charge in [-0.3, -0.25) is 9.59 Å². The van der Waals surface area contributed by atoms with Gasteiger partial charge in [-0.2, -0.15) is 0 Å². The van der Waals surface area contributed by atoms with Crippen LogP contribution in [0.25, 0.3) is 0 Å². The van der Waals surface area contributed by atoms with Crippen LogP contribution < -0.4 is 0 Å². The molecule has 0 aromatic heterocycles. The lowest BCUT2D eigenvalue weighted by Gasteiger charge is -2.37. The Labute approximate surface area is 144 Å². The third kappa shape index (κ3) is 3.86. The van der Waals surface area contributed by atoms with Crippen LogP contribution in [0.1, 0.15) is 66.2 Å². The number of piperidine rings is 1. The SMILES string of the molecule is CC(=O)c1ccccc1C(=O)N1CCCC[C@@H]1CCN1CCCC1. The first-order chi connectivity index (χ1) is 11.7. The number of hydrogen-bond donors (Lipinski definition) is 0. The molecule has 1 atom stereocenters. The zero-order valence-corrected chi connectivity index (χ0v) is 14.7. The molecule has 2 aliphatic rings. The molecule has 1 amide bonds. The second kappa shape index (κ2) is 7.93. The molecule has 2 heterocycles. The number of ketones is 1. The molecule has 0 unspecified atom stereocenters. The summed E-state index contributed by atoms with van der Waals surface area (Å²) in [5.74, 6) is -0.00324. The molecular formula is C20H28N2O2. The molecule has 0 radical (unpaired) electrons. The van der Waals surface area contributed by atoms with Gasteiger partial charge >= 0.3 is 0 Å². The minimum Gasteiger partial charge on any atom is -0.336 e. The first-order valence-electron chi connectivity index (χ1n) is 9.30. The van der Waals surface area contributed by atoms with E-state index in [-0.39, 0.29) is 11.7 Å². The van der Waals surface area contributed by atoms with Crippen LogP contribution in [0.4, 0.5) is 0 Å². The molecule has 4 heteroatoms. The molecule has 1 aromatic carbocycles. The van der Waals surface area contributed by atoms with Gasteiger partial charge in [-0.25, -0.2) is 0 Å². The number of hydrogen-bond acceptors (Lipinski definition) is 3. The topological polar surface area (TPSA) is 40.6 Å². The van der Waals surface area contributed by atoms with E-state index in [4.69, 9.17) is 0 Å². The first-order valence-corrected chi connectivity index (χ1v) is 9.30. The van der Waals surface area contributed by atoms with Crippen LogP contribution in [-0.4, -0.2) is 53.7 Å². The smallest absolute Gasteiger partial charge is 0.254 e. The van der Waals surface area contributed by atoms with Crippen molar-refractivity contribution in [3.8, 4) is 0 Å². The number of carbonyl (C=O) groups is 2. The van der Waals surface area contributed by atoms with Gasteiger partial charge in [0.25, 0.3) is 5.91 Å². The fraction of sp³-hybridized carbons (Fsp3) is 0.600. The van der Waals surface area contributed by atoms with E-state index in [1.165, 1.54) is 39.3 Å². The highest BCUT2D eigenvalue weighted by Crippen LogP contribution is 2.24. The number of Topliss-reactive ketones (excluding diaryl/α,β-unsaturated/α-hetero) is 1. The van der Waals surface area contributed by atoms with Gasteiger partial charge in [0.15, 0.2) is 5.78 Å². The Morgan fingerprint density at radius 1 is 1.00 bits per heavy atom. The van der Waals surface area contributed by atoms with Crippen LogP contribution in [0.5, 0.6) is 0 Å². The Morgan fingerprint density at radius 2 is 1.67 bits per heavy atom. The lowest BCUT2D eigenvalue weighted by atomic mass is 9.96. The number of carbonyl (C=O) groups excluding carboxylic acids is 2. The maximum atomic E-state index is 13.1. The maximum absolute atomic E-state index is 13.1. The molecule has 2 aliphatic heterocycles. The van der Waals surface area contributed by atoms with Crippen LogP contribution in [0, 0.1) is 0 Å². The fourth-order valence-electron chi connectivity index (χ4n) is 4.04. The van der Waals surface area contributed by atoms with Crippen LogP contribution in [0.2, 0.25) is 0 Å². The van der Waals surface area contributed by atoms with E-state index >= 15 is 0 Å². The highest BCUT2D eigenvalue weighted by molar-refractivity contribution is 6.07. The molecule has 24 heavy (non-hydrogen) atoms. The van der Waals surface area contributed by atoms with Gasteiger partial charge in [-0.1, -0.05) is 18.2 Å². The molecule has 130 valence electrons. The van der Waals surface area contributed by atoms with Crippen LogP contribution in [0.3, 0.4) is 0 Å². The van der Waals surface area contributed by atoms with Crippen molar-refractivity contribution in [2.45, 2.75) is 51.5 Å². The lowest BCUT2D eigenvalue weighted by Crippen LogP contribution is -2.45. The summed E-state index contributed by atoms with van der Waals surface area (Å²) in [6.07, 6.45) is 7.01. The normalized spacial score (nSPS) is 21.9. The summed E-state index contributed by atoms with van der Waals surface area (Å²) in [4.78, 5) is 29.5.